The fourth-order valence-corrected chi connectivity index (χ4v) is 10.2. The molecule has 70 heavy (non-hydrogen) atoms. The van der Waals surface area contributed by atoms with Gasteiger partial charge in [-0.3, -0.25) is 4.79 Å². The molecule has 0 aliphatic rings. The number of rotatable bonds is 59. The molecule has 0 spiro atoms. The van der Waals surface area contributed by atoms with Gasteiger partial charge in [0.15, 0.2) is 0 Å². The van der Waals surface area contributed by atoms with Crippen molar-refractivity contribution in [1.29, 1.82) is 0 Å². The van der Waals surface area contributed by atoms with Crippen LogP contribution in [0.1, 0.15) is 348 Å². The summed E-state index contributed by atoms with van der Waals surface area (Å²) in [5, 5.41) is 44.1. The van der Waals surface area contributed by atoms with E-state index in [1.165, 1.54) is 276 Å². The molecule has 0 fully saturated rings. The molecule has 0 heterocycles. The second kappa shape index (κ2) is 58.7. The smallest absolute Gasteiger partial charge is 0.249 e. The largest absolute Gasteiger partial charge is 0.394 e. The maximum Gasteiger partial charge on any atom is 0.249 e. The quantitative estimate of drug-likeness (QED) is 0.0308. The molecule has 4 atom stereocenters. The fraction of sp³-hybridized carbons (Fsp3) is 0.922. The van der Waals surface area contributed by atoms with Crippen molar-refractivity contribution in [2.24, 2.45) is 0 Å². The zero-order valence-electron chi connectivity index (χ0n) is 47.3. The van der Waals surface area contributed by atoms with Crippen LogP contribution in [-0.2, 0) is 4.79 Å². The Kier molecular flexibility index (Phi) is 57.7. The number of hydrogen-bond acceptors (Lipinski definition) is 5. The van der Waals surface area contributed by atoms with E-state index in [-0.39, 0.29) is 0 Å². The summed E-state index contributed by atoms with van der Waals surface area (Å²) in [7, 11) is 0. The van der Waals surface area contributed by atoms with E-state index in [1.807, 2.05) is 0 Å². The molecule has 0 rings (SSSR count). The van der Waals surface area contributed by atoms with Crippen LogP contribution in [0.2, 0.25) is 0 Å². The van der Waals surface area contributed by atoms with Crippen molar-refractivity contribution in [2.45, 2.75) is 372 Å². The lowest BCUT2D eigenvalue weighted by atomic mass is 10.00. The van der Waals surface area contributed by atoms with Gasteiger partial charge in [-0.05, 0) is 51.4 Å². The Bertz CT molecular complexity index is 1060. The minimum absolute atomic E-state index is 0.365. The number of aliphatic hydroxyl groups excluding tert-OH is 4. The molecule has 0 saturated carbocycles. The summed E-state index contributed by atoms with van der Waals surface area (Å²) in [5.41, 5.74) is 0. The lowest BCUT2D eigenvalue weighted by molar-refractivity contribution is -0.132. The molecule has 6 nitrogen and oxygen atoms in total. The summed E-state index contributed by atoms with van der Waals surface area (Å²) in [6.45, 7) is 4.09. The van der Waals surface area contributed by atoms with E-state index >= 15 is 0 Å². The van der Waals surface area contributed by atoms with Crippen LogP contribution in [0.25, 0.3) is 0 Å². The number of amides is 1. The zero-order valence-corrected chi connectivity index (χ0v) is 47.3. The third kappa shape index (κ3) is 51.7. The van der Waals surface area contributed by atoms with Gasteiger partial charge in [-0.15, -0.1) is 0 Å². The first-order valence-electron chi connectivity index (χ1n) is 31.7. The summed E-state index contributed by atoms with van der Waals surface area (Å²) in [4.78, 5) is 12.6. The summed E-state index contributed by atoms with van der Waals surface area (Å²) in [5.74, 6) is -0.590. The molecule has 1 amide bonds. The molecule has 5 N–H and O–H groups in total. The molecule has 0 radical (unpaired) electrons. The van der Waals surface area contributed by atoms with Gasteiger partial charge in [0.25, 0.3) is 0 Å². The molecule has 0 aromatic rings. The van der Waals surface area contributed by atoms with Crippen molar-refractivity contribution in [3.63, 3.8) is 0 Å². The van der Waals surface area contributed by atoms with E-state index in [9.17, 15) is 25.2 Å². The van der Waals surface area contributed by atoms with Crippen LogP contribution in [-0.4, -0.2) is 57.3 Å². The fourth-order valence-electron chi connectivity index (χ4n) is 10.2. The monoisotopic (exact) mass is 988 g/mol. The van der Waals surface area contributed by atoms with Gasteiger partial charge in [-0.25, -0.2) is 0 Å². The lowest BCUT2D eigenvalue weighted by Crippen LogP contribution is -2.53. The minimum atomic E-state index is -1.29. The first-order valence-corrected chi connectivity index (χ1v) is 31.7. The molecule has 0 aromatic carbocycles. The number of allylic oxidation sites excluding steroid dienone is 4. The van der Waals surface area contributed by atoms with Gasteiger partial charge in [0, 0.05) is 0 Å². The third-order valence-electron chi connectivity index (χ3n) is 15.1. The molecule has 416 valence electrons. The molecule has 0 aliphatic heterocycles. The summed E-state index contributed by atoms with van der Waals surface area (Å²) in [6, 6.07) is -1.01. The average Bonchev–Trinajstić information content (AvgIpc) is 3.36. The summed E-state index contributed by atoms with van der Waals surface area (Å²) < 4.78 is 0. The van der Waals surface area contributed by atoms with Crippen LogP contribution >= 0.6 is 0 Å². The highest BCUT2D eigenvalue weighted by molar-refractivity contribution is 5.80. The second-order valence-corrected chi connectivity index (χ2v) is 22.1. The number of aliphatic hydroxyl groups is 4. The Labute approximate surface area is 437 Å². The first kappa shape index (κ1) is 68.8. The van der Waals surface area contributed by atoms with Crippen LogP contribution in [0.4, 0.5) is 0 Å². The molecule has 0 bridgehead atoms. The first-order chi connectivity index (χ1) is 34.5. The van der Waals surface area contributed by atoms with Crippen molar-refractivity contribution < 1.29 is 25.2 Å². The van der Waals surface area contributed by atoms with Gasteiger partial charge in [-0.1, -0.05) is 321 Å². The minimum Gasteiger partial charge on any atom is -0.394 e. The van der Waals surface area contributed by atoms with Gasteiger partial charge >= 0.3 is 0 Å². The van der Waals surface area contributed by atoms with Crippen molar-refractivity contribution in [1.82, 2.24) is 5.32 Å². The van der Waals surface area contributed by atoms with Crippen molar-refractivity contribution in [3.8, 4) is 0 Å². The van der Waals surface area contributed by atoms with Crippen LogP contribution in [0, 0.1) is 0 Å². The van der Waals surface area contributed by atoms with Crippen molar-refractivity contribution in [3.05, 3.63) is 24.3 Å². The summed E-state index contributed by atoms with van der Waals surface area (Å²) in [6.07, 6.45) is 72.8. The number of hydrogen-bond donors (Lipinski definition) is 5. The van der Waals surface area contributed by atoms with E-state index in [0.29, 0.717) is 19.3 Å². The van der Waals surface area contributed by atoms with Gasteiger partial charge in [0.2, 0.25) is 5.91 Å². The second-order valence-electron chi connectivity index (χ2n) is 22.1. The molecule has 6 heteroatoms. The number of unbranched alkanes of at least 4 members (excludes halogenated alkanes) is 46. The van der Waals surface area contributed by atoms with Gasteiger partial charge < -0.3 is 25.7 Å². The molecular weight excluding hydrogens is 863 g/mol. The molecular formula is C64H125NO5. The predicted octanol–water partition coefficient (Wildman–Crippen LogP) is 19.0. The SMILES string of the molecule is CCCCCCCCCCCCCCC/C=C/CC/C=C/CCCC(O)C(O)C(CO)NC(=O)C(O)CCCCCCCCCCCCCCCCCCCCCCCCCCCCCCCCCC. The Morgan fingerprint density at radius 3 is 0.900 bits per heavy atom. The normalized spacial score (nSPS) is 13.7. The van der Waals surface area contributed by atoms with Gasteiger partial charge in [0.1, 0.15) is 12.2 Å². The number of nitrogens with one attached hydrogen (secondary N) is 1. The van der Waals surface area contributed by atoms with Crippen LogP contribution in [0.5, 0.6) is 0 Å². The highest BCUT2D eigenvalue weighted by Gasteiger charge is 2.28. The van der Waals surface area contributed by atoms with Gasteiger partial charge in [0.05, 0.1) is 18.8 Å². The van der Waals surface area contributed by atoms with E-state index in [4.69, 9.17) is 0 Å². The highest BCUT2D eigenvalue weighted by Crippen LogP contribution is 2.19. The van der Waals surface area contributed by atoms with Crippen LogP contribution < -0.4 is 5.32 Å². The third-order valence-corrected chi connectivity index (χ3v) is 15.1. The maximum atomic E-state index is 12.6. The van der Waals surface area contributed by atoms with E-state index in [1.54, 1.807) is 0 Å². The van der Waals surface area contributed by atoms with Crippen LogP contribution in [0.3, 0.4) is 0 Å². The summed E-state index contributed by atoms with van der Waals surface area (Å²) >= 11 is 0. The molecule has 0 saturated heterocycles. The maximum absolute atomic E-state index is 12.6. The topological polar surface area (TPSA) is 110 Å². The Hall–Kier alpha value is -1.21. The van der Waals surface area contributed by atoms with Crippen molar-refractivity contribution in [2.75, 3.05) is 6.61 Å². The Morgan fingerprint density at radius 1 is 0.343 bits per heavy atom. The molecule has 4 unspecified atom stereocenters. The highest BCUT2D eigenvalue weighted by atomic mass is 16.3. The zero-order chi connectivity index (χ0) is 50.9. The average molecular weight is 989 g/mol. The standard InChI is InChI=1S/C64H125NO5/c1-3-5-7-9-11-13-15-17-19-21-23-25-27-28-29-30-31-32-33-34-35-36-38-40-42-44-46-48-50-52-54-56-58-62(68)64(70)65-60(59-66)63(69)61(67)57-55-53-51-49-47-45-43-41-39-37-26-24-22-20-18-16-14-12-10-8-6-4-2/h41,43,49,51,60-63,66-69H,3-40,42,44-48,50,52-59H2,1-2H3,(H,65,70)/b43-41+,51-49+. The lowest BCUT2D eigenvalue weighted by Gasteiger charge is -2.27. The van der Waals surface area contributed by atoms with E-state index in [0.717, 1.165) is 38.5 Å². The van der Waals surface area contributed by atoms with E-state index < -0.39 is 36.9 Å². The molecule has 0 aliphatic carbocycles. The number of carbonyl (C=O) groups excluding carboxylic acids is 1. The van der Waals surface area contributed by atoms with Crippen LogP contribution in [0.15, 0.2) is 24.3 Å². The predicted molar refractivity (Wildman–Crippen MR) is 307 cm³/mol. The van der Waals surface area contributed by atoms with Crippen molar-refractivity contribution >= 4 is 5.91 Å². The molecule has 0 aromatic heterocycles. The Balaban J connectivity index is 3.58. The number of carbonyl (C=O) groups is 1. The van der Waals surface area contributed by atoms with E-state index in [2.05, 4.69) is 43.5 Å². The van der Waals surface area contributed by atoms with Gasteiger partial charge in [-0.2, -0.15) is 0 Å². The Morgan fingerprint density at radius 2 is 0.600 bits per heavy atom.